The number of para-hydroxylation sites is 1. The van der Waals surface area contributed by atoms with Crippen LogP contribution >= 0.6 is 11.6 Å². The quantitative estimate of drug-likeness (QED) is 0.671. The van der Waals surface area contributed by atoms with Gasteiger partial charge >= 0.3 is 0 Å². The predicted molar refractivity (Wildman–Crippen MR) is 73.4 cm³/mol. The van der Waals surface area contributed by atoms with E-state index in [4.69, 9.17) is 21.4 Å². The smallest absolute Gasteiger partial charge is 0.259 e. The van der Waals surface area contributed by atoms with Gasteiger partial charge in [-0.1, -0.05) is 17.7 Å². The molecule has 0 saturated carbocycles. The molecule has 1 aromatic rings. The van der Waals surface area contributed by atoms with Gasteiger partial charge in [0.15, 0.2) is 17.5 Å². The molecule has 8 heteroatoms. The van der Waals surface area contributed by atoms with Crippen molar-refractivity contribution in [1.82, 2.24) is 5.32 Å². The van der Waals surface area contributed by atoms with Crippen molar-refractivity contribution in [1.29, 1.82) is 0 Å². The van der Waals surface area contributed by atoms with Crippen molar-refractivity contribution in [2.75, 3.05) is 6.61 Å². The van der Waals surface area contributed by atoms with Gasteiger partial charge in [0.05, 0.1) is 22.9 Å². The lowest BCUT2D eigenvalue weighted by atomic mass is 9.90. The van der Waals surface area contributed by atoms with Crippen LogP contribution in [0.2, 0.25) is 5.02 Å². The SMILES string of the molecule is O=C(NC1=CC(=O)[C@]2(CO)OC2C1=O)c1cccc(Cl)c1O. The molecule has 3 rings (SSSR count). The average molecular weight is 324 g/mol. The lowest BCUT2D eigenvalue weighted by Gasteiger charge is -2.14. The van der Waals surface area contributed by atoms with E-state index in [2.05, 4.69) is 5.32 Å². The maximum atomic E-state index is 12.1. The van der Waals surface area contributed by atoms with Crippen LogP contribution in [0.1, 0.15) is 10.4 Å². The fourth-order valence-electron chi connectivity index (χ4n) is 2.28. The van der Waals surface area contributed by atoms with Crippen LogP contribution in [0.4, 0.5) is 0 Å². The molecule has 2 aliphatic rings. The maximum Gasteiger partial charge on any atom is 0.259 e. The lowest BCUT2D eigenvalue weighted by Crippen LogP contribution is -2.41. The maximum absolute atomic E-state index is 12.1. The molecule has 1 fully saturated rings. The summed E-state index contributed by atoms with van der Waals surface area (Å²) in [6, 6.07) is 4.17. The van der Waals surface area contributed by atoms with Crippen molar-refractivity contribution in [2.45, 2.75) is 11.7 Å². The Morgan fingerprint density at radius 3 is 2.82 bits per heavy atom. The van der Waals surface area contributed by atoms with E-state index in [9.17, 15) is 19.5 Å². The van der Waals surface area contributed by atoms with E-state index in [0.29, 0.717) is 0 Å². The first-order valence-electron chi connectivity index (χ1n) is 6.28. The second kappa shape index (κ2) is 4.91. The minimum absolute atomic E-state index is 0.0162. The van der Waals surface area contributed by atoms with Crippen molar-refractivity contribution in [3.63, 3.8) is 0 Å². The Morgan fingerprint density at radius 1 is 1.41 bits per heavy atom. The third kappa shape index (κ3) is 2.02. The number of aliphatic hydroxyl groups excluding tert-OH is 1. The summed E-state index contributed by atoms with van der Waals surface area (Å²) in [4.78, 5) is 36.0. The number of carbonyl (C=O) groups is 3. The third-order valence-electron chi connectivity index (χ3n) is 3.61. The van der Waals surface area contributed by atoms with Crippen LogP contribution in [0.15, 0.2) is 30.0 Å². The molecule has 0 radical (unpaired) electrons. The van der Waals surface area contributed by atoms with Crippen molar-refractivity contribution in [2.24, 2.45) is 0 Å². The van der Waals surface area contributed by atoms with E-state index in [1.165, 1.54) is 18.2 Å². The summed E-state index contributed by atoms with van der Waals surface area (Å²) >= 11 is 5.71. The number of ether oxygens (including phenoxy) is 1. The van der Waals surface area contributed by atoms with E-state index in [1.807, 2.05) is 0 Å². The summed E-state index contributed by atoms with van der Waals surface area (Å²) in [5.41, 5.74) is -1.88. The number of carbonyl (C=O) groups excluding carboxylic acids is 3. The zero-order valence-electron chi connectivity index (χ0n) is 11.0. The van der Waals surface area contributed by atoms with Crippen molar-refractivity contribution < 1.29 is 29.3 Å². The Kier molecular flexibility index (Phi) is 3.28. The molecule has 0 bridgehead atoms. The second-order valence-electron chi connectivity index (χ2n) is 4.92. The van der Waals surface area contributed by atoms with Crippen LogP contribution in [0.3, 0.4) is 0 Å². The zero-order chi connectivity index (χ0) is 16.1. The van der Waals surface area contributed by atoms with Crippen LogP contribution in [0.25, 0.3) is 0 Å². The molecule has 0 aromatic heterocycles. The first-order valence-corrected chi connectivity index (χ1v) is 6.66. The Balaban J connectivity index is 1.85. The number of halogens is 1. The van der Waals surface area contributed by atoms with Crippen molar-refractivity contribution in [3.05, 3.63) is 40.6 Å². The van der Waals surface area contributed by atoms with E-state index < -0.39 is 41.5 Å². The van der Waals surface area contributed by atoms with Crippen LogP contribution in [0.5, 0.6) is 5.75 Å². The number of Topliss-reactive ketones (excluding diaryl/α,β-unsaturated/α-hetero) is 1. The molecule has 2 atom stereocenters. The van der Waals surface area contributed by atoms with Crippen molar-refractivity contribution >= 4 is 29.1 Å². The number of epoxide rings is 1. The number of nitrogens with one attached hydrogen (secondary N) is 1. The number of benzene rings is 1. The molecule has 1 aromatic carbocycles. The number of fused-ring (bicyclic) bond motifs is 1. The van der Waals surface area contributed by atoms with E-state index >= 15 is 0 Å². The minimum atomic E-state index is -1.50. The van der Waals surface area contributed by atoms with Gasteiger partial charge in [-0.25, -0.2) is 0 Å². The van der Waals surface area contributed by atoms with Gasteiger partial charge in [-0.2, -0.15) is 0 Å². The number of ketones is 2. The number of phenols is 1. The fraction of sp³-hybridized carbons (Fsp3) is 0.214. The topological polar surface area (TPSA) is 116 Å². The first-order chi connectivity index (χ1) is 10.4. The fourth-order valence-corrected chi connectivity index (χ4v) is 2.45. The molecule has 1 amide bonds. The number of aliphatic hydroxyl groups is 1. The Hall–Kier alpha value is -2.22. The predicted octanol–water partition coefficient (Wildman–Crippen LogP) is -0.0590. The number of rotatable bonds is 3. The molecule has 7 nitrogen and oxygen atoms in total. The number of phenolic OH excluding ortho intramolecular Hbond substituents is 1. The zero-order valence-corrected chi connectivity index (χ0v) is 11.8. The number of aromatic hydroxyl groups is 1. The molecule has 1 aliphatic carbocycles. The largest absolute Gasteiger partial charge is 0.506 e. The second-order valence-corrected chi connectivity index (χ2v) is 5.33. The van der Waals surface area contributed by atoms with E-state index in [-0.39, 0.29) is 16.3 Å². The molecule has 1 unspecified atom stereocenters. The molecule has 0 spiro atoms. The summed E-state index contributed by atoms with van der Waals surface area (Å²) in [6.45, 7) is -0.602. The molecule has 3 N–H and O–H groups in total. The van der Waals surface area contributed by atoms with Gasteiger partial charge < -0.3 is 20.3 Å². The van der Waals surface area contributed by atoms with Crippen molar-refractivity contribution in [3.8, 4) is 5.75 Å². The third-order valence-corrected chi connectivity index (χ3v) is 3.91. The van der Waals surface area contributed by atoms with Gasteiger partial charge in [0.2, 0.25) is 5.78 Å². The van der Waals surface area contributed by atoms with Gasteiger partial charge in [0.25, 0.3) is 5.91 Å². The highest BCUT2D eigenvalue weighted by Crippen LogP contribution is 2.42. The average Bonchev–Trinajstić information content (AvgIpc) is 3.24. The standard InChI is InChI=1S/C14H10ClNO6/c15-7-3-1-2-6(10(7)19)13(21)16-8-4-9(18)14(5-17)12(22-14)11(8)20/h1-4,12,17,19H,5H2,(H,16,21)/t12?,14-/m0/s1. The molecule has 1 heterocycles. The normalized spacial score (nSPS) is 26.3. The Morgan fingerprint density at radius 2 is 2.14 bits per heavy atom. The number of amides is 1. The van der Waals surface area contributed by atoms with Gasteiger partial charge in [-0.15, -0.1) is 0 Å². The molecular weight excluding hydrogens is 314 g/mol. The summed E-state index contributed by atoms with van der Waals surface area (Å²) in [6.07, 6.45) is -0.167. The first kappa shape index (κ1) is 14.7. The van der Waals surface area contributed by atoms with Gasteiger partial charge in [0, 0.05) is 6.08 Å². The van der Waals surface area contributed by atoms with E-state index in [0.717, 1.165) is 6.08 Å². The molecule has 1 aliphatic heterocycles. The van der Waals surface area contributed by atoms with Crippen LogP contribution in [0, 0.1) is 0 Å². The lowest BCUT2D eigenvalue weighted by molar-refractivity contribution is -0.123. The van der Waals surface area contributed by atoms with Crippen LogP contribution in [-0.4, -0.2) is 46.0 Å². The Bertz CT molecular complexity index is 743. The Labute approximate surface area is 129 Å². The van der Waals surface area contributed by atoms with Gasteiger partial charge in [0.1, 0.15) is 5.75 Å². The molecule has 22 heavy (non-hydrogen) atoms. The highest BCUT2D eigenvalue weighted by Gasteiger charge is 2.67. The summed E-state index contributed by atoms with van der Waals surface area (Å²) in [5.74, 6) is -2.41. The summed E-state index contributed by atoms with van der Waals surface area (Å²) in [7, 11) is 0. The van der Waals surface area contributed by atoms with Gasteiger partial charge in [-0.05, 0) is 12.1 Å². The minimum Gasteiger partial charge on any atom is -0.506 e. The molecule has 1 saturated heterocycles. The molecule has 114 valence electrons. The molecular formula is C14H10ClNO6. The highest BCUT2D eigenvalue weighted by molar-refractivity contribution is 6.32. The summed E-state index contributed by atoms with van der Waals surface area (Å²) < 4.78 is 4.98. The van der Waals surface area contributed by atoms with Gasteiger partial charge in [-0.3, -0.25) is 14.4 Å². The highest BCUT2D eigenvalue weighted by atomic mass is 35.5. The summed E-state index contributed by atoms with van der Waals surface area (Å²) in [5, 5.41) is 21.1. The van der Waals surface area contributed by atoms with Crippen LogP contribution < -0.4 is 5.32 Å². The monoisotopic (exact) mass is 323 g/mol. The number of hydrogen-bond acceptors (Lipinski definition) is 6. The van der Waals surface area contributed by atoms with E-state index in [1.54, 1.807) is 0 Å². The number of hydrogen-bond donors (Lipinski definition) is 3. The van der Waals surface area contributed by atoms with Crippen LogP contribution in [-0.2, 0) is 14.3 Å².